The highest BCUT2D eigenvalue weighted by Crippen LogP contribution is 2.28. The minimum atomic E-state index is -3.17. The van der Waals surface area contributed by atoms with Gasteiger partial charge >= 0.3 is 0 Å². The standard InChI is InChI=1S/C14H18N2O2S/c1-10(19(2,17)18)14(16-15)13-9-5-7-11-6-3-4-8-12(11)13/h3-10,14,16H,15H2,1-2H3. The van der Waals surface area contributed by atoms with Crippen LogP contribution in [0, 0.1) is 0 Å². The van der Waals surface area contributed by atoms with Gasteiger partial charge in [0, 0.05) is 6.26 Å². The fourth-order valence-corrected chi connectivity index (χ4v) is 2.97. The fourth-order valence-electron chi connectivity index (χ4n) is 2.25. The van der Waals surface area contributed by atoms with E-state index >= 15 is 0 Å². The molecule has 2 aromatic rings. The molecule has 0 saturated heterocycles. The molecule has 0 radical (unpaired) electrons. The predicted octanol–water partition coefficient (Wildman–Crippen LogP) is 1.78. The number of hydrazine groups is 1. The van der Waals surface area contributed by atoms with E-state index in [0.717, 1.165) is 16.3 Å². The van der Waals surface area contributed by atoms with Gasteiger partial charge in [0.05, 0.1) is 11.3 Å². The van der Waals surface area contributed by atoms with Crippen LogP contribution in [0.25, 0.3) is 10.8 Å². The molecule has 0 saturated carbocycles. The van der Waals surface area contributed by atoms with E-state index in [4.69, 9.17) is 5.84 Å². The summed E-state index contributed by atoms with van der Waals surface area (Å²) in [4.78, 5) is 0. The van der Waals surface area contributed by atoms with Crippen molar-refractivity contribution >= 4 is 20.6 Å². The Hall–Kier alpha value is -1.43. The van der Waals surface area contributed by atoms with Gasteiger partial charge in [0.2, 0.25) is 0 Å². The molecule has 0 spiro atoms. The van der Waals surface area contributed by atoms with Crippen molar-refractivity contribution < 1.29 is 8.42 Å². The van der Waals surface area contributed by atoms with E-state index in [2.05, 4.69) is 5.43 Å². The Bertz CT molecular complexity index is 677. The maximum atomic E-state index is 11.7. The zero-order valence-electron chi connectivity index (χ0n) is 11.0. The number of nitrogens with two attached hydrogens (primary N) is 1. The molecular weight excluding hydrogens is 260 g/mol. The van der Waals surface area contributed by atoms with Crippen molar-refractivity contribution in [3.05, 3.63) is 48.0 Å². The maximum absolute atomic E-state index is 11.7. The van der Waals surface area contributed by atoms with Crippen LogP contribution in [-0.4, -0.2) is 19.9 Å². The molecule has 4 nitrogen and oxygen atoms in total. The SMILES string of the molecule is CC(C(NN)c1cccc2ccccc12)S(C)(=O)=O. The minimum Gasteiger partial charge on any atom is -0.271 e. The minimum absolute atomic E-state index is 0.430. The van der Waals surface area contributed by atoms with E-state index < -0.39 is 21.1 Å². The highest BCUT2D eigenvalue weighted by atomic mass is 32.2. The largest absolute Gasteiger partial charge is 0.271 e. The van der Waals surface area contributed by atoms with Crippen LogP contribution >= 0.6 is 0 Å². The van der Waals surface area contributed by atoms with E-state index in [1.165, 1.54) is 6.26 Å². The number of hydrogen-bond acceptors (Lipinski definition) is 4. The van der Waals surface area contributed by atoms with Crippen LogP contribution in [0.2, 0.25) is 0 Å². The van der Waals surface area contributed by atoms with Gasteiger partial charge in [-0.05, 0) is 23.3 Å². The molecule has 2 unspecified atom stereocenters. The van der Waals surface area contributed by atoms with Crippen molar-refractivity contribution in [2.45, 2.75) is 18.2 Å². The summed E-state index contributed by atoms with van der Waals surface area (Å²) < 4.78 is 23.5. The first kappa shape index (κ1) is 14.0. The van der Waals surface area contributed by atoms with Gasteiger partial charge < -0.3 is 0 Å². The second-order valence-corrected chi connectivity index (χ2v) is 7.15. The van der Waals surface area contributed by atoms with Gasteiger partial charge in [-0.25, -0.2) is 8.42 Å². The summed E-state index contributed by atoms with van der Waals surface area (Å²) in [6.07, 6.45) is 1.23. The van der Waals surface area contributed by atoms with Crippen LogP contribution in [0.5, 0.6) is 0 Å². The number of sulfone groups is 1. The van der Waals surface area contributed by atoms with Gasteiger partial charge in [-0.15, -0.1) is 0 Å². The lowest BCUT2D eigenvalue weighted by Gasteiger charge is -2.23. The highest BCUT2D eigenvalue weighted by molar-refractivity contribution is 7.91. The monoisotopic (exact) mass is 278 g/mol. The topological polar surface area (TPSA) is 72.2 Å². The maximum Gasteiger partial charge on any atom is 0.151 e. The Morgan fingerprint density at radius 1 is 1.11 bits per heavy atom. The molecule has 0 aliphatic heterocycles. The lowest BCUT2D eigenvalue weighted by Crippen LogP contribution is -2.38. The Kier molecular flexibility index (Phi) is 3.89. The number of nitrogens with one attached hydrogen (secondary N) is 1. The van der Waals surface area contributed by atoms with E-state index in [1.54, 1.807) is 6.92 Å². The van der Waals surface area contributed by atoms with Gasteiger partial charge in [0.15, 0.2) is 9.84 Å². The van der Waals surface area contributed by atoms with Crippen LogP contribution in [-0.2, 0) is 9.84 Å². The van der Waals surface area contributed by atoms with Gasteiger partial charge in [-0.3, -0.25) is 11.3 Å². The molecule has 2 aromatic carbocycles. The Morgan fingerprint density at radius 2 is 1.74 bits per heavy atom. The molecule has 0 amide bonds. The Balaban J connectivity index is 2.59. The van der Waals surface area contributed by atoms with Crippen molar-refractivity contribution in [3.8, 4) is 0 Å². The molecule has 3 N–H and O–H groups in total. The third-order valence-electron chi connectivity index (χ3n) is 3.48. The van der Waals surface area contributed by atoms with Crippen LogP contribution in [0.4, 0.5) is 0 Å². The first-order chi connectivity index (χ1) is 8.95. The number of rotatable bonds is 4. The smallest absolute Gasteiger partial charge is 0.151 e. The van der Waals surface area contributed by atoms with Crippen molar-refractivity contribution in [1.82, 2.24) is 5.43 Å². The molecule has 0 heterocycles. The zero-order valence-corrected chi connectivity index (χ0v) is 11.8. The molecule has 0 bridgehead atoms. The molecule has 2 atom stereocenters. The summed E-state index contributed by atoms with van der Waals surface area (Å²) in [7, 11) is -3.17. The number of fused-ring (bicyclic) bond motifs is 1. The van der Waals surface area contributed by atoms with Crippen LogP contribution < -0.4 is 11.3 Å². The van der Waals surface area contributed by atoms with Gasteiger partial charge in [-0.2, -0.15) is 0 Å². The molecule has 5 heteroatoms. The number of hydrogen-bond donors (Lipinski definition) is 2. The molecule has 0 aliphatic rings. The van der Waals surface area contributed by atoms with E-state index in [9.17, 15) is 8.42 Å². The predicted molar refractivity (Wildman–Crippen MR) is 78.3 cm³/mol. The third-order valence-corrected chi connectivity index (χ3v) is 5.11. The first-order valence-corrected chi connectivity index (χ1v) is 8.03. The average Bonchev–Trinajstić information content (AvgIpc) is 2.38. The molecule has 0 fully saturated rings. The van der Waals surface area contributed by atoms with Crippen LogP contribution in [0.1, 0.15) is 18.5 Å². The lowest BCUT2D eigenvalue weighted by molar-refractivity contribution is 0.516. The lowest BCUT2D eigenvalue weighted by atomic mass is 9.97. The van der Waals surface area contributed by atoms with Crippen molar-refractivity contribution in [3.63, 3.8) is 0 Å². The van der Waals surface area contributed by atoms with E-state index in [-0.39, 0.29) is 0 Å². The average molecular weight is 278 g/mol. The van der Waals surface area contributed by atoms with E-state index in [0.29, 0.717) is 0 Å². The zero-order chi connectivity index (χ0) is 14.0. The summed E-state index contributed by atoms with van der Waals surface area (Å²) in [5, 5.41) is 1.49. The summed E-state index contributed by atoms with van der Waals surface area (Å²) in [5.74, 6) is 5.58. The molecule has 102 valence electrons. The quantitative estimate of drug-likeness (QED) is 0.660. The second-order valence-electron chi connectivity index (χ2n) is 4.75. The van der Waals surface area contributed by atoms with Crippen molar-refractivity contribution in [2.24, 2.45) is 5.84 Å². The molecule has 19 heavy (non-hydrogen) atoms. The summed E-state index contributed by atoms with van der Waals surface area (Å²) >= 11 is 0. The Labute approximate surface area is 113 Å². The van der Waals surface area contributed by atoms with Crippen molar-refractivity contribution in [2.75, 3.05) is 6.26 Å². The van der Waals surface area contributed by atoms with Gasteiger partial charge in [0.25, 0.3) is 0 Å². The van der Waals surface area contributed by atoms with Crippen LogP contribution in [0.15, 0.2) is 42.5 Å². The Morgan fingerprint density at radius 3 is 2.37 bits per heavy atom. The first-order valence-electron chi connectivity index (χ1n) is 6.08. The van der Waals surface area contributed by atoms with E-state index in [1.807, 2.05) is 42.5 Å². The van der Waals surface area contributed by atoms with Gasteiger partial charge in [0.1, 0.15) is 0 Å². The highest BCUT2D eigenvalue weighted by Gasteiger charge is 2.27. The summed E-state index contributed by atoms with van der Waals surface area (Å²) in [6.45, 7) is 1.67. The molecule has 0 aliphatic carbocycles. The normalized spacial score (nSPS) is 15.3. The molecular formula is C14H18N2O2S. The third kappa shape index (κ3) is 2.78. The fraction of sp³-hybridized carbons (Fsp3) is 0.286. The summed E-state index contributed by atoms with van der Waals surface area (Å²) in [5.41, 5.74) is 3.54. The molecule has 2 rings (SSSR count). The van der Waals surface area contributed by atoms with Crippen LogP contribution in [0.3, 0.4) is 0 Å². The number of benzene rings is 2. The molecule has 0 aromatic heterocycles. The van der Waals surface area contributed by atoms with Crippen molar-refractivity contribution in [1.29, 1.82) is 0 Å². The summed E-state index contributed by atoms with van der Waals surface area (Å²) in [6, 6.07) is 13.3. The van der Waals surface area contributed by atoms with Gasteiger partial charge in [-0.1, -0.05) is 42.5 Å². The second kappa shape index (κ2) is 5.28.